The van der Waals surface area contributed by atoms with Crippen molar-refractivity contribution in [3.8, 4) is 0 Å². The Bertz CT molecular complexity index is 331. The van der Waals surface area contributed by atoms with E-state index in [1.54, 1.807) is 0 Å². The normalized spacial score (nSPS) is 17.4. The Morgan fingerprint density at radius 3 is 2.86 bits per heavy atom. The summed E-state index contributed by atoms with van der Waals surface area (Å²) in [5.41, 5.74) is 0.884. The zero-order valence-corrected chi connectivity index (χ0v) is 8.59. The highest BCUT2D eigenvalue weighted by atomic mass is 32.1. The van der Waals surface area contributed by atoms with Gasteiger partial charge in [0.25, 0.3) is 0 Å². The summed E-state index contributed by atoms with van der Waals surface area (Å²) in [5, 5.41) is 10.7. The van der Waals surface area contributed by atoms with Crippen molar-refractivity contribution in [1.82, 2.24) is 9.88 Å². The second-order valence-electron chi connectivity index (χ2n) is 3.43. The molecule has 76 valence electrons. The number of aromatic carboxylic acids is 1. The van der Waals surface area contributed by atoms with E-state index < -0.39 is 5.97 Å². The zero-order chi connectivity index (χ0) is 9.97. The number of likely N-dealkylation sites (tertiary alicyclic amines) is 1. The van der Waals surface area contributed by atoms with Crippen molar-refractivity contribution >= 4 is 17.3 Å². The molecule has 0 saturated carbocycles. The van der Waals surface area contributed by atoms with E-state index in [1.165, 1.54) is 24.2 Å². The van der Waals surface area contributed by atoms with Gasteiger partial charge in [0, 0.05) is 11.9 Å². The summed E-state index contributed by atoms with van der Waals surface area (Å²) in [6, 6.07) is 0. The van der Waals surface area contributed by atoms with E-state index in [-0.39, 0.29) is 5.01 Å². The third-order valence-corrected chi connectivity index (χ3v) is 3.20. The van der Waals surface area contributed by atoms with Gasteiger partial charge in [0.2, 0.25) is 5.01 Å². The molecule has 14 heavy (non-hydrogen) atoms. The molecule has 0 aromatic carbocycles. The summed E-state index contributed by atoms with van der Waals surface area (Å²) in [4.78, 5) is 16.9. The zero-order valence-electron chi connectivity index (χ0n) is 7.77. The lowest BCUT2D eigenvalue weighted by Gasteiger charge is -2.11. The minimum Gasteiger partial charge on any atom is -0.476 e. The number of aromatic nitrogens is 1. The molecule has 0 radical (unpaired) electrons. The smallest absolute Gasteiger partial charge is 0.365 e. The predicted molar refractivity (Wildman–Crippen MR) is 53.6 cm³/mol. The summed E-state index contributed by atoms with van der Waals surface area (Å²) in [5.74, 6) is -0.928. The van der Waals surface area contributed by atoms with Crippen LogP contribution >= 0.6 is 11.3 Å². The first-order valence-corrected chi connectivity index (χ1v) is 5.54. The van der Waals surface area contributed by atoms with E-state index in [4.69, 9.17) is 5.11 Å². The maximum Gasteiger partial charge on any atom is 0.365 e. The van der Waals surface area contributed by atoms with Crippen LogP contribution in [0.3, 0.4) is 0 Å². The number of nitrogens with zero attached hydrogens (tertiary/aromatic N) is 2. The van der Waals surface area contributed by atoms with Gasteiger partial charge in [-0.2, -0.15) is 0 Å². The first-order valence-electron chi connectivity index (χ1n) is 4.66. The lowest BCUT2D eigenvalue weighted by molar-refractivity contribution is 0.0696. The Hall–Kier alpha value is -0.940. The molecule has 1 saturated heterocycles. The lowest BCUT2D eigenvalue weighted by atomic mass is 10.4. The van der Waals surface area contributed by atoms with Crippen LogP contribution in [0.15, 0.2) is 5.38 Å². The first-order chi connectivity index (χ1) is 6.75. The highest BCUT2D eigenvalue weighted by Crippen LogP contribution is 2.15. The Labute approximate surface area is 86.2 Å². The van der Waals surface area contributed by atoms with Crippen molar-refractivity contribution in [2.75, 3.05) is 13.1 Å². The van der Waals surface area contributed by atoms with Crippen LogP contribution in [-0.2, 0) is 6.54 Å². The molecule has 0 atom stereocenters. The van der Waals surface area contributed by atoms with Crippen molar-refractivity contribution in [1.29, 1.82) is 0 Å². The maximum absolute atomic E-state index is 10.6. The van der Waals surface area contributed by atoms with Gasteiger partial charge in [-0.1, -0.05) is 0 Å². The molecule has 5 heteroatoms. The number of carbonyl (C=O) groups is 1. The fourth-order valence-electron chi connectivity index (χ4n) is 1.65. The number of thiazole rings is 1. The Balaban J connectivity index is 1.98. The summed E-state index contributed by atoms with van der Waals surface area (Å²) in [7, 11) is 0. The molecular weight excluding hydrogens is 200 g/mol. The fourth-order valence-corrected chi connectivity index (χ4v) is 2.29. The van der Waals surface area contributed by atoms with Crippen molar-refractivity contribution < 1.29 is 9.90 Å². The largest absolute Gasteiger partial charge is 0.476 e. The van der Waals surface area contributed by atoms with Crippen LogP contribution in [0.25, 0.3) is 0 Å². The summed E-state index contributed by atoms with van der Waals surface area (Å²) < 4.78 is 0. The van der Waals surface area contributed by atoms with Gasteiger partial charge in [-0.3, -0.25) is 4.90 Å². The number of carboxylic acid groups (broad SMARTS) is 1. The van der Waals surface area contributed by atoms with E-state index in [9.17, 15) is 4.79 Å². The van der Waals surface area contributed by atoms with Gasteiger partial charge in [-0.05, 0) is 25.9 Å². The van der Waals surface area contributed by atoms with Crippen molar-refractivity contribution in [3.63, 3.8) is 0 Å². The molecule has 1 aromatic rings. The third kappa shape index (κ3) is 2.10. The van der Waals surface area contributed by atoms with Crippen molar-refractivity contribution in [2.24, 2.45) is 0 Å². The summed E-state index contributed by atoms with van der Waals surface area (Å²) >= 11 is 1.20. The molecule has 1 N–H and O–H groups in total. The Kier molecular flexibility index (Phi) is 2.79. The second-order valence-corrected chi connectivity index (χ2v) is 4.29. The van der Waals surface area contributed by atoms with Crippen LogP contribution in [0, 0.1) is 0 Å². The molecule has 2 rings (SSSR count). The van der Waals surface area contributed by atoms with Gasteiger partial charge in [-0.15, -0.1) is 11.3 Å². The topological polar surface area (TPSA) is 53.4 Å². The minimum atomic E-state index is -0.928. The lowest BCUT2D eigenvalue weighted by Crippen LogP contribution is -2.18. The molecule has 0 spiro atoms. The van der Waals surface area contributed by atoms with Gasteiger partial charge in [-0.25, -0.2) is 9.78 Å². The highest BCUT2D eigenvalue weighted by molar-refractivity contribution is 7.11. The summed E-state index contributed by atoms with van der Waals surface area (Å²) in [6.45, 7) is 3.02. The van der Waals surface area contributed by atoms with E-state index in [2.05, 4.69) is 9.88 Å². The minimum absolute atomic E-state index is 0.194. The molecule has 4 nitrogen and oxygen atoms in total. The molecule has 1 aliphatic heterocycles. The van der Waals surface area contributed by atoms with Gasteiger partial charge >= 0.3 is 5.97 Å². The van der Waals surface area contributed by atoms with E-state index >= 15 is 0 Å². The number of hydrogen-bond donors (Lipinski definition) is 1. The standard InChI is InChI=1S/C9H12N2O2S/c12-9(13)8-10-7(6-14-8)5-11-3-1-2-4-11/h6H,1-5H2,(H,12,13). The average molecular weight is 212 g/mol. The fraction of sp³-hybridized carbons (Fsp3) is 0.556. The number of rotatable bonds is 3. The molecule has 0 aliphatic carbocycles. The van der Waals surface area contributed by atoms with Gasteiger partial charge in [0.1, 0.15) is 0 Å². The van der Waals surface area contributed by atoms with E-state index in [0.717, 1.165) is 25.3 Å². The van der Waals surface area contributed by atoms with Crippen molar-refractivity contribution in [2.45, 2.75) is 19.4 Å². The van der Waals surface area contributed by atoms with Crippen LogP contribution in [0.2, 0.25) is 0 Å². The number of hydrogen-bond acceptors (Lipinski definition) is 4. The maximum atomic E-state index is 10.6. The molecule has 1 aliphatic rings. The third-order valence-electron chi connectivity index (χ3n) is 2.32. The van der Waals surface area contributed by atoms with Gasteiger partial charge in [0.15, 0.2) is 0 Å². The number of carboxylic acids is 1. The summed E-state index contributed by atoms with van der Waals surface area (Å²) in [6.07, 6.45) is 2.49. The van der Waals surface area contributed by atoms with Crippen LogP contribution < -0.4 is 0 Å². The first kappa shape index (κ1) is 9.61. The molecular formula is C9H12N2O2S. The second kappa shape index (κ2) is 4.06. The van der Waals surface area contributed by atoms with Crippen LogP contribution in [0.5, 0.6) is 0 Å². The SMILES string of the molecule is O=C(O)c1nc(CN2CCCC2)cs1. The molecule has 1 aromatic heterocycles. The molecule has 0 amide bonds. The molecule has 0 unspecified atom stereocenters. The van der Waals surface area contributed by atoms with Crippen LogP contribution in [0.1, 0.15) is 28.3 Å². The molecule has 1 fully saturated rings. The van der Waals surface area contributed by atoms with Crippen LogP contribution in [0.4, 0.5) is 0 Å². The van der Waals surface area contributed by atoms with Gasteiger partial charge < -0.3 is 5.11 Å². The van der Waals surface area contributed by atoms with E-state index in [0.29, 0.717) is 0 Å². The highest BCUT2D eigenvalue weighted by Gasteiger charge is 2.14. The predicted octanol–water partition coefficient (Wildman–Crippen LogP) is 1.44. The Morgan fingerprint density at radius 1 is 1.57 bits per heavy atom. The molecule has 0 bridgehead atoms. The van der Waals surface area contributed by atoms with Gasteiger partial charge in [0.05, 0.1) is 5.69 Å². The van der Waals surface area contributed by atoms with E-state index in [1.807, 2.05) is 5.38 Å². The Morgan fingerprint density at radius 2 is 2.29 bits per heavy atom. The molecule has 2 heterocycles. The van der Waals surface area contributed by atoms with Crippen molar-refractivity contribution in [3.05, 3.63) is 16.1 Å². The monoisotopic (exact) mass is 212 g/mol. The quantitative estimate of drug-likeness (QED) is 0.823. The van der Waals surface area contributed by atoms with Crippen LogP contribution in [-0.4, -0.2) is 34.0 Å². The average Bonchev–Trinajstić information content (AvgIpc) is 2.75.